The predicted molar refractivity (Wildman–Crippen MR) is 127 cm³/mol. The molecule has 0 saturated heterocycles. The van der Waals surface area contributed by atoms with E-state index in [1.165, 1.54) is 0 Å². The molecule has 4 N–H and O–H groups in total. The summed E-state index contributed by atoms with van der Waals surface area (Å²) >= 11 is 0. The summed E-state index contributed by atoms with van der Waals surface area (Å²) in [7, 11) is 0. The van der Waals surface area contributed by atoms with Gasteiger partial charge < -0.3 is 21.1 Å². The van der Waals surface area contributed by atoms with E-state index in [-0.39, 0.29) is 11.7 Å². The molecule has 1 atom stereocenters. The Morgan fingerprint density at radius 1 is 0.818 bits per heavy atom. The van der Waals surface area contributed by atoms with Gasteiger partial charge in [-0.3, -0.25) is 9.78 Å². The molecular weight excluding hydrogens is 420 g/mol. The zero-order chi connectivity index (χ0) is 24.0. The summed E-state index contributed by atoms with van der Waals surface area (Å²) in [6.45, 7) is 5.23. The van der Waals surface area contributed by atoms with Crippen LogP contribution < -0.4 is 16.0 Å². The number of anilines is 2. The molecule has 3 aromatic rings. The molecule has 0 aliphatic carbocycles. The highest BCUT2D eigenvalue weighted by Crippen LogP contribution is 2.22. The number of amides is 3. The van der Waals surface area contributed by atoms with Crippen LogP contribution in [0.2, 0.25) is 0 Å². The average molecular weight is 447 g/mol. The average Bonchev–Trinajstić information content (AvgIpc) is 2.77. The van der Waals surface area contributed by atoms with E-state index >= 15 is 0 Å². The van der Waals surface area contributed by atoms with Gasteiger partial charge in [0.05, 0.1) is 0 Å². The number of hydrogen-bond acceptors (Lipinski definition) is 4. The van der Waals surface area contributed by atoms with E-state index in [0.29, 0.717) is 11.4 Å². The highest BCUT2D eigenvalue weighted by Gasteiger charge is 2.33. The SMILES string of the molecule is CC(C)(C)[C@H](NC(=O)c1ccc(-c2ccc(NC(=O)Nc3ccccc3)cc2)cn1)C(=O)O. The van der Waals surface area contributed by atoms with Crippen molar-refractivity contribution in [2.24, 2.45) is 5.41 Å². The largest absolute Gasteiger partial charge is 0.480 e. The second kappa shape index (κ2) is 9.95. The van der Waals surface area contributed by atoms with Gasteiger partial charge in [-0.2, -0.15) is 0 Å². The predicted octanol–water partition coefficient (Wildman–Crippen LogP) is 4.62. The summed E-state index contributed by atoms with van der Waals surface area (Å²) < 4.78 is 0. The zero-order valence-corrected chi connectivity index (χ0v) is 18.6. The number of carboxylic acid groups (broad SMARTS) is 1. The van der Waals surface area contributed by atoms with E-state index in [9.17, 15) is 19.5 Å². The number of nitrogens with one attached hydrogen (secondary N) is 3. The monoisotopic (exact) mass is 446 g/mol. The Kier molecular flexibility index (Phi) is 7.07. The maximum absolute atomic E-state index is 12.4. The van der Waals surface area contributed by atoms with Crippen LogP contribution in [-0.4, -0.2) is 34.0 Å². The first-order valence-corrected chi connectivity index (χ1v) is 10.4. The first-order chi connectivity index (χ1) is 15.6. The smallest absolute Gasteiger partial charge is 0.326 e. The van der Waals surface area contributed by atoms with Gasteiger partial charge in [-0.05, 0) is 41.3 Å². The summed E-state index contributed by atoms with van der Waals surface area (Å²) in [5, 5.41) is 17.4. The van der Waals surface area contributed by atoms with Gasteiger partial charge in [-0.25, -0.2) is 9.59 Å². The van der Waals surface area contributed by atoms with Crippen LogP contribution >= 0.6 is 0 Å². The third-order valence-electron chi connectivity index (χ3n) is 4.89. The van der Waals surface area contributed by atoms with Crippen molar-refractivity contribution in [3.05, 3.63) is 78.6 Å². The molecular formula is C25H26N4O4. The van der Waals surface area contributed by atoms with E-state index in [4.69, 9.17) is 0 Å². The van der Waals surface area contributed by atoms with Crippen molar-refractivity contribution in [2.45, 2.75) is 26.8 Å². The molecule has 0 spiro atoms. The molecule has 0 fully saturated rings. The van der Waals surface area contributed by atoms with Crippen LogP contribution in [0, 0.1) is 5.41 Å². The van der Waals surface area contributed by atoms with Gasteiger partial charge in [0.1, 0.15) is 11.7 Å². The van der Waals surface area contributed by atoms with Gasteiger partial charge in [0, 0.05) is 23.1 Å². The molecule has 0 bridgehead atoms. The molecule has 0 aliphatic heterocycles. The van der Waals surface area contributed by atoms with Gasteiger partial charge in [0.2, 0.25) is 0 Å². The maximum atomic E-state index is 12.4. The number of benzene rings is 2. The molecule has 33 heavy (non-hydrogen) atoms. The topological polar surface area (TPSA) is 120 Å². The van der Waals surface area contributed by atoms with E-state index in [0.717, 1.165) is 11.1 Å². The Balaban J connectivity index is 1.63. The molecule has 1 heterocycles. The van der Waals surface area contributed by atoms with Crippen molar-refractivity contribution < 1.29 is 19.5 Å². The van der Waals surface area contributed by atoms with Crippen LogP contribution in [0.3, 0.4) is 0 Å². The van der Waals surface area contributed by atoms with Crippen LogP contribution in [0.4, 0.5) is 16.2 Å². The Morgan fingerprint density at radius 2 is 1.39 bits per heavy atom. The number of urea groups is 1. The summed E-state index contributed by atoms with van der Waals surface area (Å²) in [4.78, 5) is 40.2. The summed E-state index contributed by atoms with van der Waals surface area (Å²) in [5.41, 5.74) is 2.43. The second-order valence-electron chi connectivity index (χ2n) is 8.57. The van der Waals surface area contributed by atoms with Gasteiger partial charge in [-0.15, -0.1) is 0 Å². The fourth-order valence-corrected chi connectivity index (χ4v) is 3.11. The van der Waals surface area contributed by atoms with Crippen molar-refractivity contribution >= 4 is 29.3 Å². The molecule has 8 nitrogen and oxygen atoms in total. The molecule has 1 aromatic heterocycles. The normalized spacial score (nSPS) is 11.8. The Hall–Kier alpha value is -4.20. The molecule has 0 aliphatic rings. The van der Waals surface area contributed by atoms with Crippen LogP contribution in [0.25, 0.3) is 11.1 Å². The second-order valence-corrected chi connectivity index (χ2v) is 8.57. The number of pyridine rings is 1. The van der Waals surface area contributed by atoms with E-state index in [1.807, 2.05) is 30.3 Å². The van der Waals surface area contributed by atoms with E-state index in [1.54, 1.807) is 63.4 Å². The summed E-state index contributed by atoms with van der Waals surface area (Å²) in [5.74, 6) is -1.65. The quantitative estimate of drug-likeness (QED) is 0.440. The minimum atomic E-state index is -1.10. The van der Waals surface area contributed by atoms with Crippen LogP contribution in [0.5, 0.6) is 0 Å². The number of carbonyl (C=O) groups excluding carboxylic acids is 2. The van der Waals surface area contributed by atoms with Crippen molar-refractivity contribution in [3.8, 4) is 11.1 Å². The fourth-order valence-electron chi connectivity index (χ4n) is 3.11. The van der Waals surface area contributed by atoms with Gasteiger partial charge >= 0.3 is 12.0 Å². The van der Waals surface area contributed by atoms with Gasteiger partial charge in [-0.1, -0.05) is 57.2 Å². The molecule has 0 saturated carbocycles. The fraction of sp³-hybridized carbons (Fsp3) is 0.200. The minimum absolute atomic E-state index is 0.130. The number of carboxylic acids is 1. The van der Waals surface area contributed by atoms with Crippen LogP contribution in [0.1, 0.15) is 31.3 Å². The number of para-hydroxylation sites is 1. The van der Waals surface area contributed by atoms with E-state index < -0.39 is 23.3 Å². The lowest BCUT2D eigenvalue weighted by Crippen LogP contribution is -2.49. The molecule has 8 heteroatoms. The Labute approximate surface area is 192 Å². The third kappa shape index (κ3) is 6.39. The van der Waals surface area contributed by atoms with Crippen molar-refractivity contribution in [1.29, 1.82) is 0 Å². The van der Waals surface area contributed by atoms with Crippen molar-refractivity contribution in [1.82, 2.24) is 10.3 Å². The minimum Gasteiger partial charge on any atom is -0.480 e. The summed E-state index contributed by atoms with van der Waals surface area (Å²) in [6.07, 6.45) is 1.55. The molecule has 2 aromatic carbocycles. The molecule has 170 valence electrons. The first kappa shape index (κ1) is 23.5. The van der Waals surface area contributed by atoms with Crippen LogP contribution in [-0.2, 0) is 4.79 Å². The lowest BCUT2D eigenvalue weighted by molar-refractivity contribution is -0.142. The van der Waals surface area contributed by atoms with Gasteiger partial charge in [0.15, 0.2) is 0 Å². The zero-order valence-electron chi connectivity index (χ0n) is 18.6. The first-order valence-electron chi connectivity index (χ1n) is 10.4. The van der Waals surface area contributed by atoms with Crippen LogP contribution in [0.15, 0.2) is 72.9 Å². The van der Waals surface area contributed by atoms with E-state index in [2.05, 4.69) is 20.9 Å². The number of aliphatic carboxylic acids is 1. The molecule has 0 unspecified atom stereocenters. The molecule has 3 amide bonds. The highest BCUT2D eigenvalue weighted by atomic mass is 16.4. The number of nitrogens with zero attached hydrogens (tertiary/aromatic N) is 1. The lowest BCUT2D eigenvalue weighted by Gasteiger charge is -2.27. The van der Waals surface area contributed by atoms with Crippen molar-refractivity contribution in [2.75, 3.05) is 10.6 Å². The highest BCUT2D eigenvalue weighted by molar-refractivity contribution is 6.00. The Morgan fingerprint density at radius 3 is 1.91 bits per heavy atom. The number of rotatable bonds is 6. The standard InChI is InChI=1S/C25H26N4O4/c1-25(2,3)21(23(31)32)29-22(30)20-14-11-17(15-26-20)16-9-12-19(13-10-16)28-24(33)27-18-7-5-4-6-8-18/h4-15,21H,1-3H3,(H,29,30)(H,31,32)(H2,27,28,33)/t21-/m1/s1. The molecule has 0 radical (unpaired) electrons. The Bertz CT molecular complexity index is 1120. The van der Waals surface area contributed by atoms with Gasteiger partial charge in [0.25, 0.3) is 5.91 Å². The maximum Gasteiger partial charge on any atom is 0.326 e. The lowest BCUT2D eigenvalue weighted by atomic mass is 9.86. The number of aromatic nitrogens is 1. The van der Waals surface area contributed by atoms with Crippen molar-refractivity contribution in [3.63, 3.8) is 0 Å². The summed E-state index contributed by atoms with van der Waals surface area (Å²) in [6, 6.07) is 18.2. The number of carbonyl (C=O) groups is 3. The molecule has 3 rings (SSSR count). The number of hydrogen-bond donors (Lipinski definition) is 4. The third-order valence-corrected chi connectivity index (χ3v) is 4.89.